The zero-order chi connectivity index (χ0) is 14.5. The van der Waals surface area contributed by atoms with Crippen molar-refractivity contribution in [3.05, 3.63) is 63.8 Å². The predicted octanol–water partition coefficient (Wildman–Crippen LogP) is 4.72. The predicted molar refractivity (Wildman–Crippen MR) is 90.5 cm³/mol. The van der Waals surface area contributed by atoms with E-state index in [1.807, 2.05) is 36.4 Å². The van der Waals surface area contributed by atoms with E-state index >= 15 is 0 Å². The van der Waals surface area contributed by atoms with E-state index in [2.05, 4.69) is 22.8 Å². The molecule has 0 saturated heterocycles. The molecule has 3 rings (SSSR count). The fraction of sp³-hybridized carbons (Fsp3) is 0.176. The molecule has 0 spiro atoms. The van der Waals surface area contributed by atoms with E-state index in [-0.39, 0.29) is 0 Å². The van der Waals surface area contributed by atoms with E-state index in [1.165, 1.54) is 4.88 Å². The van der Waals surface area contributed by atoms with Gasteiger partial charge in [0, 0.05) is 23.4 Å². The van der Waals surface area contributed by atoms with E-state index < -0.39 is 0 Å². The van der Waals surface area contributed by atoms with Crippen LogP contribution in [0.15, 0.2) is 53.9 Å². The van der Waals surface area contributed by atoms with Crippen molar-refractivity contribution in [2.24, 2.45) is 0 Å². The molecule has 0 aliphatic rings. The largest absolute Gasteiger partial charge is 0.491 e. The van der Waals surface area contributed by atoms with Crippen molar-refractivity contribution < 1.29 is 4.74 Å². The van der Waals surface area contributed by atoms with Gasteiger partial charge in [0.15, 0.2) is 0 Å². The minimum atomic E-state index is 0.601. The molecule has 0 unspecified atom stereocenters. The molecule has 1 N–H and O–H groups in total. The molecule has 0 aliphatic carbocycles. The molecule has 3 aromatic rings. The number of hydrogen-bond acceptors (Lipinski definition) is 3. The van der Waals surface area contributed by atoms with Crippen molar-refractivity contribution in [2.45, 2.75) is 6.54 Å². The molecule has 21 heavy (non-hydrogen) atoms. The van der Waals surface area contributed by atoms with Crippen LogP contribution in [-0.2, 0) is 6.54 Å². The van der Waals surface area contributed by atoms with Crippen LogP contribution in [0, 0.1) is 0 Å². The Bertz CT molecular complexity index is 712. The Hall–Kier alpha value is -1.55. The van der Waals surface area contributed by atoms with Gasteiger partial charge in [0.1, 0.15) is 12.4 Å². The van der Waals surface area contributed by atoms with Crippen LogP contribution < -0.4 is 10.1 Å². The molecule has 0 aliphatic heterocycles. The van der Waals surface area contributed by atoms with Crippen molar-refractivity contribution >= 4 is 33.7 Å². The Morgan fingerprint density at radius 1 is 1.05 bits per heavy atom. The topological polar surface area (TPSA) is 21.3 Å². The second-order valence-corrected chi connectivity index (χ2v) is 6.11. The lowest BCUT2D eigenvalue weighted by Gasteiger charge is -2.10. The lowest BCUT2D eigenvalue weighted by atomic mass is 10.1. The second-order valence-electron chi connectivity index (χ2n) is 4.70. The highest BCUT2D eigenvalue weighted by molar-refractivity contribution is 7.09. The summed E-state index contributed by atoms with van der Waals surface area (Å²) in [4.78, 5) is 1.33. The third-order valence-corrected chi connectivity index (χ3v) is 4.51. The Balaban J connectivity index is 1.54. The molecule has 0 radical (unpaired) electrons. The maximum Gasteiger partial charge on any atom is 0.138 e. The number of thiophene rings is 1. The molecular weight excluding hydrogens is 302 g/mol. The van der Waals surface area contributed by atoms with Crippen LogP contribution in [0.5, 0.6) is 5.75 Å². The van der Waals surface area contributed by atoms with Crippen LogP contribution in [-0.4, -0.2) is 13.2 Å². The van der Waals surface area contributed by atoms with Crippen LogP contribution >= 0.6 is 22.9 Å². The first-order valence-corrected chi connectivity index (χ1v) is 8.13. The first kappa shape index (κ1) is 14.4. The summed E-state index contributed by atoms with van der Waals surface area (Å²) in [7, 11) is 0. The maximum absolute atomic E-state index is 6.39. The van der Waals surface area contributed by atoms with Gasteiger partial charge in [0.25, 0.3) is 0 Å². The standard InChI is InChI=1S/C17H16ClNOS/c18-17-15-6-2-1-4-13(15)7-8-16(17)20-10-9-19-12-14-5-3-11-21-14/h1-8,11,19H,9-10,12H2. The summed E-state index contributed by atoms with van der Waals surface area (Å²) in [5.74, 6) is 0.744. The number of hydrogen-bond donors (Lipinski definition) is 1. The Morgan fingerprint density at radius 2 is 1.95 bits per heavy atom. The summed E-state index contributed by atoms with van der Waals surface area (Å²) in [5, 5.41) is 8.29. The van der Waals surface area contributed by atoms with Crippen LogP contribution in [0.2, 0.25) is 5.02 Å². The smallest absolute Gasteiger partial charge is 0.138 e. The second kappa shape index (κ2) is 6.94. The normalized spacial score (nSPS) is 10.9. The van der Waals surface area contributed by atoms with Crippen molar-refractivity contribution in [3.8, 4) is 5.75 Å². The van der Waals surface area contributed by atoms with E-state index in [4.69, 9.17) is 16.3 Å². The lowest BCUT2D eigenvalue weighted by molar-refractivity contribution is 0.314. The Labute approximate surface area is 133 Å². The monoisotopic (exact) mass is 317 g/mol. The summed E-state index contributed by atoms with van der Waals surface area (Å²) in [6, 6.07) is 16.2. The van der Waals surface area contributed by atoms with Crippen LogP contribution in [0.3, 0.4) is 0 Å². The van der Waals surface area contributed by atoms with Gasteiger partial charge < -0.3 is 10.1 Å². The van der Waals surface area contributed by atoms with Crippen molar-refractivity contribution in [3.63, 3.8) is 0 Å². The van der Waals surface area contributed by atoms with E-state index in [0.29, 0.717) is 11.6 Å². The molecule has 0 amide bonds. The van der Waals surface area contributed by atoms with Gasteiger partial charge >= 0.3 is 0 Å². The van der Waals surface area contributed by atoms with Crippen LogP contribution in [0.1, 0.15) is 4.88 Å². The van der Waals surface area contributed by atoms with E-state index in [1.54, 1.807) is 11.3 Å². The zero-order valence-electron chi connectivity index (χ0n) is 11.5. The van der Waals surface area contributed by atoms with Gasteiger partial charge in [-0.25, -0.2) is 0 Å². The highest BCUT2D eigenvalue weighted by atomic mass is 35.5. The molecule has 108 valence electrons. The van der Waals surface area contributed by atoms with Gasteiger partial charge in [-0.3, -0.25) is 0 Å². The van der Waals surface area contributed by atoms with Crippen molar-refractivity contribution in [1.29, 1.82) is 0 Å². The number of rotatable bonds is 6. The number of ether oxygens (including phenoxy) is 1. The minimum absolute atomic E-state index is 0.601. The Morgan fingerprint density at radius 3 is 2.81 bits per heavy atom. The quantitative estimate of drug-likeness (QED) is 0.664. The third kappa shape index (κ3) is 3.56. The van der Waals surface area contributed by atoms with E-state index in [9.17, 15) is 0 Å². The van der Waals surface area contributed by atoms with Crippen LogP contribution in [0.4, 0.5) is 0 Å². The molecule has 0 saturated carbocycles. The molecule has 4 heteroatoms. The lowest BCUT2D eigenvalue weighted by Crippen LogP contribution is -2.20. The minimum Gasteiger partial charge on any atom is -0.491 e. The zero-order valence-corrected chi connectivity index (χ0v) is 13.1. The van der Waals surface area contributed by atoms with Gasteiger partial charge in [0.05, 0.1) is 5.02 Å². The highest BCUT2D eigenvalue weighted by Crippen LogP contribution is 2.32. The van der Waals surface area contributed by atoms with E-state index in [0.717, 1.165) is 29.6 Å². The summed E-state index contributed by atoms with van der Waals surface area (Å²) < 4.78 is 5.77. The van der Waals surface area contributed by atoms with Gasteiger partial charge in [-0.05, 0) is 22.9 Å². The fourth-order valence-electron chi connectivity index (χ4n) is 2.18. The highest BCUT2D eigenvalue weighted by Gasteiger charge is 2.05. The van der Waals surface area contributed by atoms with Gasteiger partial charge in [-0.15, -0.1) is 11.3 Å². The average molecular weight is 318 g/mol. The number of fused-ring (bicyclic) bond motifs is 1. The van der Waals surface area contributed by atoms with Crippen molar-refractivity contribution in [2.75, 3.05) is 13.2 Å². The number of halogens is 1. The maximum atomic E-state index is 6.39. The third-order valence-electron chi connectivity index (χ3n) is 3.24. The summed E-state index contributed by atoms with van der Waals surface area (Å²) in [5.41, 5.74) is 0. The molecule has 0 atom stereocenters. The van der Waals surface area contributed by atoms with Gasteiger partial charge in [0.2, 0.25) is 0 Å². The van der Waals surface area contributed by atoms with Crippen LogP contribution in [0.25, 0.3) is 10.8 Å². The number of nitrogens with one attached hydrogen (secondary N) is 1. The molecular formula is C17H16ClNOS. The van der Waals surface area contributed by atoms with Gasteiger partial charge in [-0.1, -0.05) is 48.0 Å². The molecule has 0 fully saturated rings. The molecule has 2 aromatic carbocycles. The Kier molecular flexibility index (Phi) is 4.76. The molecule has 0 bridgehead atoms. The van der Waals surface area contributed by atoms with Crippen molar-refractivity contribution in [1.82, 2.24) is 5.32 Å². The summed E-state index contributed by atoms with van der Waals surface area (Å²) in [6.07, 6.45) is 0. The average Bonchev–Trinajstić information content (AvgIpc) is 3.03. The summed E-state index contributed by atoms with van der Waals surface area (Å²) in [6.45, 7) is 2.27. The fourth-order valence-corrected chi connectivity index (χ4v) is 3.15. The molecule has 1 aromatic heterocycles. The molecule has 1 heterocycles. The molecule has 2 nitrogen and oxygen atoms in total. The number of benzene rings is 2. The summed E-state index contributed by atoms with van der Waals surface area (Å²) >= 11 is 8.15. The van der Waals surface area contributed by atoms with Gasteiger partial charge in [-0.2, -0.15) is 0 Å². The SMILES string of the molecule is Clc1c(OCCNCc2cccs2)ccc2ccccc12. The first-order valence-electron chi connectivity index (χ1n) is 6.88. The first-order chi connectivity index (χ1) is 10.3.